The Balaban J connectivity index is 3.92. The van der Waals surface area contributed by atoms with Crippen molar-refractivity contribution in [3.8, 4) is 12.3 Å². The van der Waals surface area contributed by atoms with Gasteiger partial charge >= 0.3 is 0 Å². The van der Waals surface area contributed by atoms with E-state index in [0.717, 1.165) is 6.42 Å². The van der Waals surface area contributed by atoms with Gasteiger partial charge in [-0.15, -0.1) is 12.3 Å². The van der Waals surface area contributed by atoms with Gasteiger partial charge in [0.05, 0.1) is 0 Å². The van der Waals surface area contributed by atoms with E-state index in [1.807, 2.05) is 11.8 Å². The van der Waals surface area contributed by atoms with E-state index in [1.165, 1.54) is 18.6 Å². The predicted octanol–water partition coefficient (Wildman–Crippen LogP) is 3.18. The zero-order valence-electron chi connectivity index (χ0n) is 7.81. The quantitative estimate of drug-likeness (QED) is 0.571. The molecular formula is C10H18S. The molecule has 0 heterocycles. The van der Waals surface area contributed by atoms with E-state index in [1.54, 1.807) is 0 Å². The van der Waals surface area contributed by atoms with E-state index < -0.39 is 0 Å². The molecule has 0 fully saturated rings. The first-order chi connectivity index (χ1) is 5.18. The molecule has 1 heteroatoms. The lowest BCUT2D eigenvalue weighted by Crippen LogP contribution is -2.18. The Hall–Kier alpha value is -0.0900. The van der Waals surface area contributed by atoms with Crippen molar-refractivity contribution in [1.82, 2.24) is 0 Å². The summed E-state index contributed by atoms with van der Waals surface area (Å²) in [5.74, 6) is 3.95. The summed E-state index contributed by atoms with van der Waals surface area (Å²) in [7, 11) is 0. The highest BCUT2D eigenvalue weighted by Crippen LogP contribution is 2.30. The minimum absolute atomic E-state index is 0.378. The Labute approximate surface area is 75.1 Å². The molecule has 0 rings (SSSR count). The van der Waals surface area contributed by atoms with E-state index in [0.29, 0.717) is 5.41 Å². The Morgan fingerprint density at radius 1 is 1.55 bits per heavy atom. The maximum Gasteiger partial charge on any atom is 0.0148 e. The zero-order valence-corrected chi connectivity index (χ0v) is 8.63. The Morgan fingerprint density at radius 2 is 2.18 bits per heavy atom. The molecule has 0 aliphatic heterocycles. The van der Waals surface area contributed by atoms with Gasteiger partial charge < -0.3 is 0 Å². The molecule has 1 atom stereocenters. The highest BCUT2D eigenvalue weighted by atomic mass is 32.2. The Kier molecular flexibility index (Phi) is 5.50. The summed E-state index contributed by atoms with van der Waals surface area (Å²) in [6.07, 6.45) is 10.9. The van der Waals surface area contributed by atoms with Gasteiger partial charge in [-0.1, -0.05) is 20.3 Å². The van der Waals surface area contributed by atoms with Crippen molar-refractivity contribution in [2.75, 3.05) is 12.0 Å². The molecule has 0 aromatic carbocycles. The molecule has 0 radical (unpaired) electrons. The van der Waals surface area contributed by atoms with Gasteiger partial charge in [0.1, 0.15) is 0 Å². The Morgan fingerprint density at radius 3 is 2.55 bits per heavy atom. The SMILES string of the molecule is C#CCC(C)(CCC)CSC. The van der Waals surface area contributed by atoms with Crippen LogP contribution in [0.4, 0.5) is 0 Å². The van der Waals surface area contributed by atoms with Crippen LogP contribution in [0.1, 0.15) is 33.1 Å². The number of terminal acetylenes is 1. The summed E-state index contributed by atoms with van der Waals surface area (Å²) < 4.78 is 0. The average Bonchev–Trinajstić information content (AvgIpc) is 1.88. The second-order valence-electron chi connectivity index (χ2n) is 3.37. The zero-order chi connectivity index (χ0) is 8.74. The molecule has 0 nitrogen and oxygen atoms in total. The summed E-state index contributed by atoms with van der Waals surface area (Å²) in [4.78, 5) is 0. The first-order valence-electron chi connectivity index (χ1n) is 4.11. The van der Waals surface area contributed by atoms with E-state index in [4.69, 9.17) is 6.42 Å². The van der Waals surface area contributed by atoms with Gasteiger partial charge in [0.2, 0.25) is 0 Å². The molecule has 0 aromatic heterocycles. The third-order valence-electron chi connectivity index (χ3n) is 1.88. The lowest BCUT2D eigenvalue weighted by atomic mass is 9.85. The summed E-state index contributed by atoms with van der Waals surface area (Å²) >= 11 is 1.89. The maximum atomic E-state index is 5.32. The summed E-state index contributed by atoms with van der Waals surface area (Å²) in [5.41, 5.74) is 0.378. The second kappa shape index (κ2) is 5.55. The largest absolute Gasteiger partial charge is 0.165 e. The average molecular weight is 170 g/mol. The molecule has 11 heavy (non-hydrogen) atoms. The highest BCUT2D eigenvalue weighted by molar-refractivity contribution is 7.98. The first kappa shape index (κ1) is 10.9. The fourth-order valence-corrected chi connectivity index (χ4v) is 2.35. The van der Waals surface area contributed by atoms with Gasteiger partial charge in [0, 0.05) is 6.42 Å². The molecule has 0 amide bonds. The number of rotatable bonds is 5. The van der Waals surface area contributed by atoms with Crippen LogP contribution in [-0.4, -0.2) is 12.0 Å². The number of hydrogen-bond acceptors (Lipinski definition) is 1. The molecule has 0 bridgehead atoms. The predicted molar refractivity (Wildman–Crippen MR) is 54.8 cm³/mol. The molecule has 0 aromatic rings. The second-order valence-corrected chi connectivity index (χ2v) is 4.24. The minimum atomic E-state index is 0.378. The van der Waals surface area contributed by atoms with Crippen molar-refractivity contribution in [1.29, 1.82) is 0 Å². The lowest BCUT2D eigenvalue weighted by molar-refractivity contribution is 0.350. The van der Waals surface area contributed by atoms with Crippen molar-refractivity contribution in [3.63, 3.8) is 0 Å². The number of hydrogen-bond donors (Lipinski definition) is 0. The monoisotopic (exact) mass is 170 g/mol. The molecule has 0 spiro atoms. The van der Waals surface area contributed by atoms with Crippen LogP contribution >= 0.6 is 11.8 Å². The first-order valence-corrected chi connectivity index (χ1v) is 5.50. The van der Waals surface area contributed by atoms with Gasteiger partial charge in [-0.2, -0.15) is 11.8 Å². The highest BCUT2D eigenvalue weighted by Gasteiger charge is 2.20. The molecule has 1 unspecified atom stereocenters. The van der Waals surface area contributed by atoms with Gasteiger partial charge in [0.25, 0.3) is 0 Å². The van der Waals surface area contributed by atoms with Crippen LogP contribution in [0.3, 0.4) is 0 Å². The van der Waals surface area contributed by atoms with Crippen LogP contribution in [0.15, 0.2) is 0 Å². The number of thioether (sulfide) groups is 1. The molecule has 0 aliphatic rings. The third-order valence-corrected chi connectivity index (χ3v) is 2.86. The molecule has 0 aliphatic carbocycles. The van der Waals surface area contributed by atoms with E-state index in [9.17, 15) is 0 Å². The third kappa shape index (κ3) is 4.37. The smallest absolute Gasteiger partial charge is 0.0148 e. The lowest BCUT2D eigenvalue weighted by Gasteiger charge is -2.25. The summed E-state index contributed by atoms with van der Waals surface area (Å²) in [5, 5.41) is 0. The summed E-state index contributed by atoms with van der Waals surface area (Å²) in [6, 6.07) is 0. The van der Waals surface area contributed by atoms with Crippen LogP contribution < -0.4 is 0 Å². The fraction of sp³-hybridized carbons (Fsp3) is 0.800. The van der Waals surface area contributed by atoms with Crippen LogP contribution in [0.5, 0.6) is 0 Å². The van der Waals surface area contributed by atoms with Crippen molar-refractivity contribution in [3.05, 3.63) is 0 Å². The van der Waals surface area contributed by atoms with Crippen molar-refractivity contribution in [2.24, 2.45) is 5.41 Å². The normalized spacial score (nSPS) is 15.5. The molecular weight excluding hydrogens is 152 g/mol. The standard InChI is InChI=1S/C10H18S/c1-5-7-10(3,8-6-2)9-11-4/h1H,6-9H2,2-4H3. The maximum absolute atomic E-state index is 5.32. The van der Waals surface area contributed by atoms with E-state index >= 15 is 0 Å². The van der Waals surface area contributed by atoms with E-state index in [2.05, 4.69) is 26.0 Å². The van der Waals surface area contributed by atoms with Gasteiger partial charge in [0.15, 0.2) is 0 Å². The van der Waals surface area contributed by atoms with Crippen molar-refractivity contribution in [2.45, 2.75) is 33.1 Å². The van der Waals surface area contributed by atoms with Gasteiger partial charge in [-0.3, -0.25) is 0 Å². The minimum Gasteiger partial charge on any atom is -0.165 e. The van der Waals surface area contributed by atoms with Gasteiger partial charge in [-0.25, -0.2) is 0 Å². The molecule has 0 saturated heterocycles. The van der Waals surface area contributed by atoms with Crippen LogP contribution in [0.2, 0.25) is 0 Å². The van der Waals surface area contributed by atoms with Gasteiger partial charge in [-0.05, 0) is 23.8 Å². The van der Waals surface area contributed by atoms with Crippen LogP contribution in [0, 0.1) is 17.8 Å². The molecule has 0 N–H and O–H groups in total. The van der Waals surface area contributed by atoms with Crippen molar-refractivity contribution < 1.29 is 0 Å². The Bertz CT molecular complexity index is 126. The topological polar surface area (TPSA) is 0 Å². The van der Waals surface area contributed by atoms with Crippen molar-refractivity contribution >= 4 is 11.8 Å². The van der Waals surface area contributed by atoms with Crippen LogP contribution in [-0.2, 0) is 0 Å². The molecule has 64 valence electrons. The molecule has 0 saturated carbocycles. The van der Waals surface area contributed by atoms with E-state index in [-0.39, 0.29) is 0 Å². The van der Waals surface area contributed by atoms with Crippen LogP contribution in [0.25, 0.3) is 0 Å². The summed E-state index contributed by atoms with van der Waals surface area (Å²) in [6.45, 7) is 4.50. The fourth-order valence-electron chi connectivity index (χ4n) is 1.41.